The number of hydrogen-bond donors (Lipinski definition) is 1. The van der Waals surface area contributed by atoms with E-state index in [4.69, 9.17) is 4.74 Å². The number of ether oxygens (including phenoxy) is 1. The summed E-state index contributed by atoms with van der Waals surface area (Å²) in [4.78, 5) is 0. The summed E-state index contributed by atoms with van der Waals surface area (Å²) in [6, 6.07) is 8.65. The molecule has 0 amide bonds. The molecule has 20 heavy (non-hydrogen) atoms. The predicted molar refractivity (Wildman–Crippen MR) is 78.9 cm³/mol. The third-order valence-electron chi connectivity index (χ3n) is 4.00. The van der Waals surface area contributed by atoms with Gasteiger partial charge in [0.25, 0.3) is 0 Å². The fourth-order valence-corrected chi connectivity index (χ4v) is 4.04. The van der Waals surface area contributed by atoms with E-state index in [2.05, 4.69) is 17.4 Å². The molecule has 0 spiro atoms. The van der Waals surface area contributed by atoms with Crippen LogP contribution in [0.5, 0.6) is 5.75 Å². The third kappa shape index (κ3) is 3.52. The van der Waals surface area contributed by atoms with Gasteiger partial charge in [-0.3, -0.25) is 0 Å². The summed E-state index contributed by atoms with van der Waals surface area (Å²) in [6.45, 7) is 1.13. The number of rotatable bonds is 4. The van der Waals surface area contributed by atoms with Gasteiger partial charge in [0.1, 0.15) is 11.9 Å². The number of nitrogens with one attached hydrogen (secondary N) is 1. The van der Waals surface area contributed by atoms with Crippen molar-refractivity contribution in [3.05, 3.63) is 29.8 Å². The standard InChI is InChI=1S/C15H21NO3S/c17-20(18)10-15(11-20)19-14-6-4-12(5-7-14)9-13-3-1-2-8-16-13/h4-7,13,15-16H,1-3,8-11H2. The van der Waals surface area contributed by atoms with Crippen molar-refractivity contribution in [3.63, 3.8) is 0 Å². The molecule has 2 fully saturated rings. The van der Waals surface area contributed by atoms with E-state index in [1.54, 1.807) is 0 Å². The van der Waals surface area contributed by atoms with Gasteiger partial charge in [-0.05, 0) is 43.5 Å². The Hall–Kier alpha value is -1.07. The van der Waals surface area contributed by atoms with E-state index in [1.165, 1.54) is 24.8 Å². The van der Waals surface area contributed by atoms with Crippen molar-refractivity contribution in [2.45, 2.75) is 37.8 Å². The van der Waals surface area contributed by atoms with Crippen LogP contribution in [-0.2, 0) is 16.3 Å². The minimum absolute atomic E-state index is 0.154. The fraction of sp³-hybridized carbons (Fsp3) is 0.600. The molecule has 1 atom stereocenters. The lowest BCUT2D eigenvalue weighted by Crippen LogP contribution is -2.45. The van der Waals surface area contributed by atoms with E-state index in [9.17, 15) is 8.42 Å². The molecule has 4 nitrogen and oxygen atoms in total. The van der Waals surface area contributed by atoms with Crippen molar-refractivity contribution in [2.24, 2.45) is 0 Å². The first-order valence-corrected chi connectivity index (χ1v) is 9.12. The first-order valence-electron chi connectivity index (χ1n) is 7.30. The van der Waals surface area contributed by atoms with Crippen molar-refractivity contribution in [2.75, 3.05) is 18.1 Å². The Balaban J connectivity index is 1.52. The van der Waals surface area contributed by atoms with Crippen molar-refractivity contribution in [1.82, 2.24) is 5.32 Å². The average Bonchev–Trinajstić information content (AvgIpc) is 2.40. The number of sulfone groups is 1. The molecule has 1 unspecified atom stereocenters. The Morgan fingerprint density at radius 2 is 1.90 bits per heavy atom. The Morgan fingerprint density at radius 1 is 1.15 bits per heavy atom. The maximum Gasteiger partial charge on any atom is 0.157 e. The number of piperidine rings is 1. The number of hydrogen-bond acceptors (Lipinski definition) is 4. The van der Waals surface area contributed by atoms with Crippen LogP contribution in [0.4, 0.5) is 0 Å². The summed E-state index contributed by atoms with van der Waals surface area (Å²) in [5, 5.41) is 3.54. The quantitative estimate of drug-likeness (QED) is 0.915. The normalized spacial score (nSPS) is 25.9. The lowest BCUT2D eigenvalue weighted by molar-refractivity contribution is 0.230. The largest absolute Gasteiger partial charge is 0.488 e. The zero-order valence-electron chi connectivity index (χ0n) is 11.5. The van der Waals surface area contributed by atoms with Gasteiger partial charge < -0.3 is 10.1 Å². The van der Waals surface area contributed by atoms with Gasteiger partial charge in [0.05, 0.1) is 11.5 Å². The molecule has 5 heteroatoms. The van der Waals surface area contributed by atoms with Gasteiger partial charge in [-0.25, -0.2) is 8.42 Å². The topological polar surface area (TPSA) is 55.4 Å². The van der Waals surface area contributed by atoms with E-state index >= 15 is 0 Å². The average molecular weight is 295 g/mol. The van der Waals surface area contributed by atoms with Gasteiger partial charge in [0.15, 0.2) is 9.84 Å². The van der Waals surface area contributed by atoms with Crippen molar-refractivity contribution in [1.29, 1.82) is 0 Å². The summed E-state index contributed by atoms with van der Waals surface area (Å²) in [5.74, 6) is 1.08. The van der Waals surface area contributed by atoms with Gasteiger partial charge in [-0.2, -0.15) is 0 Å². The van der Waals surface area contributed by atoms with Crippen molar-refractivity contribution in [3.8, 4) is 5.75 Å². The summed E-state index contributed by atoms with van der Waals surface area (Å²) >= 11 is 0. The second-order valence-electron chi connectivity index (χ2n) is 5.81. The molecule has 0 bridgehead atoms. The molecular formula is C15H21NO3S. The smallest absolute Gasteiger partial charge is 0.157 e. The maximum absolute atomic E-state index is 11.1. The lowest BCUT2D eigenvalue weighted by Gasteiger charge is -2.26. The van der Waals surface area contributed by atoms with E-state index in [1.807, 2.05) is 12.1 Å². The first kappa shape index (κ1) is 13.9. The van der Waals surface area contributed by atoms with Crippen LogP contribution in [0.1, 0.15) is 24.8 Å². The molecular weight excluding hydrogens is 274 g/mol. The van der Waals surface area contributed by atoms with Crippen LogP contribution < -0.4 is 10.1 Å². The zero-order chi connectivity index (χ0) is 14.0. The second-order valence-corrected chi connectivity index (χ2v) is 7.97. The van der Waals surface area contributed by atoms with Gasteiger partial charge >= 0.3 is 0 Å². The highest BCUT2D eigenvalue weighted by Gasteiger charge is 2.35. The van der Waals surface area contributed by atoms with Crippen LogP contribution in [-0.4, -0.2) is 38.6 Å². The Morgan fingerprint density at radius 3 is 2.50 bits per heavy atom. The van der Waals surface area contributed by atoms with Crippen LogP contribution in [0, 0.1) is 0 Å². The minimum Gasteiger partial charge on any atom is -0.488 e. The van der Waals surface area contributed by atoms with Gasteiger partial charge in [0.2, 0.25) is 0 Å². The molecule has 0 radical (unpaired) electrons. The van der Waals surface area contributed by atoms with Crippen LogP contribution in [0.25, 0.3) is 0 Å². The molecule has 1 aromatic carbocycles. The zero-order valence-corrected chi connectivity index (χ0v) is 12.4. The first-order chi connectivity index (χ1) is 9.61. The van der Waals surface area contributed by atoms with Crippen molar-refractivity contribution >= 4 is 9.84 Å². The van der Waals surface area contributed by atoms with Crippen LogP contribution >= 0.6 is 0 Å². The molecule has 0 saturated carbocycles. The molecule has 1 aromatic rings. The molecule has 2 aliphatic heterocycles. The van der Waals surface area contributed by atoms with E-state index in [0.717, 1.165) is 18.7 Å². The summed E-state index contributed by atoms with van der Waals surface area (Å²) in [7, 11) is -2.81. The van der Waals surface area contributed by atoms with E-state index in [0.29, 0.717) is 6.04 Å². The lowest BCUT2D eigenvalue weighted by atomic mass is 9.98. The molecule has 0 aliphatic carbocycles. The monoisotopic (exact) mass is 295 g/mol. The van der Waals surface area contributed by atoms with Gasteiger partial charge in [-0.1, -0.05) is 18.6 Å². The summed E-state index contributed by atoms with van der Waals surface area (Å²) in [6.07, 6.45) is 4.74. The van der Waals surface area contributed by atoms with Crippen molar-refractivity contribution < 1.29 is 13.2 Å². The maximum atomic E-state index is 11.1. The molecule has 0 aromatic heterocycles. The van der Waals surface area contributed by atoms with E-state index in [-0.39, 0.29) is 17.6 Å². The number of benzene rings is 1. The summed E-state index contributed by atoms with van der Waals surface area (Å²) in [5.41, 5.74) is 1.30. The highest BCUT2D eigenvalue weighted by Crippen LogP contribution is 2.21. The molecule has 2 heterocycles. The Bertz CT molecular complexity index is 535. The van der Waals surface area contributed by atoms with E-state index < -0.39 is 9.84 Å². The van der Waals surface area contributed by atoms with Crippen LogP contribution in [0.15, 0.2) is 24.3 Å². The molecule has 110 valence electrons. The van der Waals surface area contributed by atoms with Crippen LogP contribution in [0.2, 0.25) is 0 Å². The Kier molecular flexibility index (Phi) is 3.98. The predicted octanol–water partition coefficient (Wildman–Crippen LogP) is 1.55. The van der Waals surface area contributed by atoms with Gasteiger partial charge in [0, 0.05) is 6.04 Å². The molecule has 2 saturated heterocycles. The molecule has 3 rings (SSSR count). The minimum atomic E-state index is -2.81. The van der Waals surface area contributed by atoms with Gasteiger partial charge in [-0.15, -0.1) is 0 Å². The fourth-order valence-electron chi connectivity index (χ4n) is 2.86. The molecule has 1 N–H and O–H groups in total. The molecule has 2 aliphatic rings. The summed E-state index contributed by atoms with van der Waals surface area (Å²) < 4.78 is 27.8. The Labute approximate surface area is 120 Å². The SMILES string of the molecule is O=S1(=O)CC(Oc2ccc(CC3CCCCN3)cc2)C1. The second kappa shape index (κ2) is 5.74. The highest BCUT2D eigenvalue weighted by atomic mass is 32.2. The van der Waals surface area contributed by atoms with Crippen LogP contribution in [0.3, 0.4) is 0 Å². The third-order valence-corrected chi connectivity index (χ3v) is 5.76. The highest BCUT2D eigenvalue weighted by molar-refractivity contribution is 7.92.